The fourth-order valence-corrected chi connectivity index (χ4v) is 1.84. The third-order valence-electron chi connectivity index (χ3n) is 2.78. The summed E-state index contributed by atoms with van der Waals surface area (Å²) in [5, 5.41) is 4.53. The highest BCUT2D eigenvalue weighted by Crippen LogP contribution is 2.08. The maximum absolute atomic E-state index is 5.53. The molecule has 0 radical (unpaired) electrons. The van der Waals surface area contributed by atoms with Gasteiger partial charge in [-0.2, -0.15) is 5.10 Å². The molecule has 0 amide bonds. The Labute approximate surface area is 102 Å². The molecule has 0 aliphatic rings. The molecule has 17 heavy (non-hydrogen) atoms. The topological polar surface area (TPSA) is 48.8 Å². The van der Waals surface area contributed by atoms with Gasteiger partial charge in [0.05, 0.1) is 12.2 Å². The molecule has 0 saturated carbocycles. The molecule has 0 unspecified atom stereocenters. The highest BCUT2D eigenvalue weighted by molar-refractivity contribution is 5.12. The van der Waals surface area contributed by atoms with Crippen LogP contribution in [-0.4, -0.2) is 20.9 Å². The summed E-state index contributed by atoms with van der Waals surface area (Å²) in [5.41, 5.74) is 7.91. The van der Waals surface area contributed by atoms with Crippen LogP contribution in [-0.2, 0) is 13.0 Å². The lowest BCUT2D eigenvalue weighted by Gasteiger charge is -2.04. The zero-order chi connectivity index (χ0) is 12.3. The van der Waals surface area contributed by atoms with E-state index in [1.165, 1.54) is 5.56 Å². The van der Waals surface area contributed by atoms with Gasteiger partial charge in [0.2, 0.25) is 0 Å². The van der Waals surface area contributed by atoms with E-state index in [1.807, 2.05) is 10.9 Å². The second-order valence-electron chi connectivity index (χ2n) is 4.61. The summed E-state index contributed by atoms with van der Waals surface area (Å²) in [5.74, 6) is 0. The zero-order valence-electron chi connectivity index (χ0n) is 10.5. The minimum absolute atomic E-state index is 0.418. The Morgan fingerprint density at radius 3 is 2.76 bits per heavy atom. The van der Waals surface area contributed by atoms with E-state index in [-0.39, 0.29) is 0 Å². The van der Waals surface area contributed by atoms with E-state index in [1.54, 1.807) is 0 Å². The van der Waals surface area contributed by atoms with Crippen molar-refractivity contribution in [1.29, 1.82) is 0 Å². The minimum atomic E-state index is 0.418. The van der Waals surface area contributed by atoms with Gasteiger partial charge in [0.1, 0.15) is 0 Å². The molecule has 0 bridgehead atoms. The molecule has 0 fully saturated rings. The molecular weight excluding hydrogens is 212 g/mol. The quantitative estimate of drug-likeness (QED) is 0.854. The normalized spacial score (nSPS) is 11.3. The molecule has 0 aliphatic carbocycles. The van der Waals surface area contributed by atoms with Crippen molar-refractivity contribution in [3.8, 4) is 0 Å². The molecule has 2 N–H and O–H groups in total. The van der Waals surface area contributed by atoms with Crippen LogP contribution in [0.2, 0.25) is 0 Å². The molecule has 0 aromatic carbocycles. The molecule has 0 aliphatic heterocycles. The number of hydrogen-bond donors (Lipinski definition) is 1. The fraction of sp³-hybridized carbons (Fsp3) is 0.462. The van der Waals surface area contributed by atoms with Gasteiger partial charge in [0.15, 0.2) is 0 Å². The van der Waals surface area contributed by atoms with Crippen LogP contribution < -0.4 is 5.73 Å². The van der Waals surface area contributed by atoms with Gasteiger partial charge in [-0.05, 0) is 44.5 Å². The van der Waals surface area contributed by atoms with Gasteiger partial charge >= 0.3 is 0 Å². The number of aromatic nitrogens is 3. The summed E-state index contributed by atoms with van der Waals surface area (Å²) in [4.78, 5) is 0. The van der Waals surface area contributed by atoms with Gasteiger partial charge in [-0.15, -0.1) is 0 Å². The largest absolute Gasteiger partial charge is 0.348 e. The van der Waals surface area contributed by atoms with Crippen molar-refractivity contribution in [2.24, 2.45) is 5.73 Å². The second-order valence-corrected chi connectivity index (χ2v) is 4.61. The molecular formula is C13H20N4. The molecule has 92 valence electrons. The monoisotopic (exact) mass is 232 g/mol. The molecule has 0 spiro atoms. The van der Waals surface area contributed by atoms with E-state index in [2.05, 4.69) is 48.0 Å². The van der Waals surface area contributed by atoms with Crippen LogP contribution in [0.25, 0.3) is 0 Å². The lowest BCUT2D eigenvalue weighted by Crippen LogP contribution is -2.04. The summed E-state index contributed by atoms with van der Waals surface area (Å²) >= 11 is 0. The van der Waals surface area contributed by atoms with Crippen LogP contribution in [0.3, 0.4) is 0 Å². The minimum Gasteiger partial charge on any atom is -0.348 e. The first-order chi connectivity index (χ1) is 8.19. The van der Waals surface area contributed by atoms with Crippen LogP contribution >= 0.6 is 0 Å². The summed E-state index contributed by atoms with van der Waals surface area (Å²) in [6.07, 6.45) is 7.19. The molecule has 2 aromatic rings. The molecule has 2 heterocycles. The van der Waals surface area contributed by atoms with Crippen molar-refractivity contribution in [2.75, 3.05) is 6.54 Å². The van der Waals surface area contributed by atoms with Crippen molar-refractivity contribution in [3.05, 3.63) is 42.0 Å². The Balaban J connectivity index is 2.03. The standard InChI is InChI=1S/C13H20N4/c1-11(2)17-8-5-13(15-17)10-16-7-4-12(9-16)3-6-14/h4-5,7-9,11H,3,6,10,14H2,1-2H3. The molecule has 2 aromatic heterocycles. The lowest BCUT2D eigenvalue weighted by atomic mass is 10.2. The van der Waals surface area contributed by atoms with Crippen molar-refractivity contribution < 1.29 is 0 Å². The van der Waals surface area contributed by atoms with Crippen molar-refractivity contribution in [3.63, 3.8) is 0 Å². The highest BCUT2D eigenvalue weighted by Gasteiger charge is 2.03. The van der Waals surface area contributed by atoms with Gasteiger partial charge in [0.25, 0.3) is 0 Å². The summed E-state index contributed by atoms with van der Waals surface area (Å²) in [7, 11) is 0. The summed E-state index contributed by atoms with van der Waals surface area (Å²) < 4.78 is 4.14. The third-order valence-corrected chi connectivity index (χ3v) is 2.78. The van der Waals surface area contributed by atoms with E-state index < -0.39 is 0 Å². The van der Waals surface area contributed by atoms with Gasteiger partial charge in [0, 0.05) is 24.6 Å². The Hall–Kier alpha value is -1.55. The smallest absolute Gasteiger partial charge is 0.0821 e. The van der Waals surface area contributed by atoms with Crippen molar-refractivity contribution in [2.45, 2.75) is 32.9 Å². The van der Waals surface area contributed by atoms with E-state index in [0.717, 1.165) is 18.7 Å². The van der Waals surface area contributed by atoms with Crippen molar-refractivity contribution >= 4 is 0 Å². The average molecular weight is 232 g/mol. The van der Waals surface area contributed by atoms with Crippen LogP contribution in [0.15, 0.2) is 30.7 Å². The van der Waals surface area contributed by atoms with Crippen LogP contribution in [0.1, 0.15) is 31.1 Å². The summed E-state index contributed by atoms with van der Waals surface area (Å²) in [6.45, 7) is 5.79. The average Bonchev–Trinajstić information content (AvgIpc) is 2.89. The van der Waals surface area contributed by atoms with E-state index in [9.17, 15) is 0 Å². The predicted molar refractivity (Wildman–Crippen MR) is 68.9 cm³/mol. The first kappa shape index (κ1) is 11.9. The first-order valence-corrected chi connectivity index (χ1v) is 6.08. The maximum atomic E-state index is 5.53. The van der Waals surface area contributed by atoms with Crippen LogP contribution in [0.5, 0.6) is 0 Å². The Kier molecular flexibility index (Phi) is 3.64. The first-order valence-electron chi connectivity index (χ1n) is 6.08. The lowest BCUT2D eigenvalue weighted by molar-refractivity contribution is 0.524. The number of nitrogens with zero attached hydrogens (tertiary/aromatic N) is 3. The molecule has 4 heteroatoms. The third kappa shape index (κ3) is 2.97. The van der Waals surface area contributed by atoms with Crippen LogP contribution in [0.4, 0.5) is 0 Å². The van der Waals surface area contributed by atoms with Gasteiger partial charge < -0.3 is 10.3 Å². The van der Waals surface area contributed by atoms with Gasteiger partial charge in [-0.3, -0.25) is 4.68 Å². The highest BCUT2D eigenvalue weighted by atomic mass is 15.3. The number of rotatable bonds is 5. The predicted octanol–water partition coefficient (Wildman–Crippen LogP) is 1.81. The molecule has 0 saturated heterocycles. The summed E-state index contributed by atoms with van der Waals surface area (Å²) in [6, 6.07) is 4.61. The SMILES string of the molecule is CC(C)n1ccc(Cn2ccc(CCN)c2)n1. The zero-order valence-corrected chi connectivity index (χ0v) is 10.5. The number of nitrogens with two attached hydrogens (primary N) is 1. The van der Waals surface area contributed by atoms with Crippen molar-refractivity contribution in [1.82, 2.24) is 14.3 Å². The van der Waals surface area contributed by atoms with E-state index in [4.69, 9.17) is 5.73 Å². The van der Waals surface area contributed by atoms with Gasteiger partial charge in [-0.1, -0.05) is 0 Å². The molecule has 2 rings (SSSR count). The molecule has 4 nitrogen and oxygen atoms in total. The fourth-order valence-electron chi connectivity index (χ4n) is 1.84. The van der Waals surface area contributed by atoms with Crippen LogP contribution in [0, 0.1) is 0 Å². The molecule has 0 atom stereocenters. The van der Waals surface area contributed by atoms with E-state index in [0.29, 0.717) is 12.6 Å². The van der Waals surface area contributed by atoms with Gasteiger partial charge in [-0.25, -0.2) is 0 Å². The maximum Gasteiger partial charge on any atom is 0.0821 e. The Morgan fingerprint density at radius 2 is 2.12 bits per heavy atom. The Morgan fingerprint density at radius 1 is 1.29 bits per heavy atom. The second kappa shape index (κ2) is 5.19. The number of hydrogen-bond acceptors (Lipinski definition) is 2. The van der Waals surface area contributed by atoms with E-state index >= 15 is 0 Å². The Bertz CT molecular complexity index is 467.